The number of ether oxygens (including phenoxy) is 3. The molecule has 0 bridgehead atoms. The molecule has 0 aliphatic carbocycles. The van der Waals surface area contributed by atoms with Gasteiger partial charge in [0.05, 0.1) is 27.1 Å². The fourth-order valence-electron chi connectivity index (χ4n) is 3.91. The zero-order valence-corrected chi connectivity index (χ0v) is 20.5. The van der Waals surface area contributed by atoms with Crippen LogP contribution in [0, 0.1) is 6.92 Å². The van der Waals surface area contributed by atoms with Crippen molar-refractivity contribution >= 4 is 28.3 Å². The maximum absolute atomic E-state index is 12.7. The average molecular weight is 473 g/mol. The number of rotatable bonds is 8. The number of carbonyl (C=O) groups excluding carboxylic acids is 1. The number of carbonyl (C=O) groups is 1. The van der Waals surface area contributed by atoms with E-state index in [1.165, 1.54) is 0 Å². The molecule has 2 heterocycles. The highest BCUT2D eigenvalue weighted by Crippen LogP contribution is 2.40. The molecule has 2 aromatic heterocycles. The molecule has 4 aromatic rings. The molecule has 1 amide bonds. The molecular weight excluding hydrogens is 444 g/mol. The summed E-state index contributed by atoms with van der Waals surface area (Å²) < 4.78 is 22.6. The molecule has 0 spiro atoms. The Morgan fingerprint density at radius 1 is 1.06 bits per heavy atom. The second-order valence-corrected chi connectivity index (χ2v) is 8.03. The predicted octanol–water partition coefficient (Wildman–Crippen LogP) is 6.26. The quantitative estimate of drug-likeness (QED) is 0.305. The van der Waals surface area contributed by atoms with Gasteiger partial charge < -0.3 is 23.9 Å². The van der Waals surface area contributed by atoms with Crippen LogP contribution in [0.1, 0.15) is 25.0 Å². The van der Waals surface area contributed by atoms with Crippen molar-refractivity contribution < 1.29 is 23.4 Å². The lowest BCUT2D eigenvalue weighted by Crippen LogP contribution is -2.10. The summed E-state index contributed by atoms with van der Waals surface area (Å²) in [6.07, 6.45) is 4.92. The number of amides is 1. The second-order valence-electron chi connectivity index (χ2n) is 8.03. The number of fused-ring (bicyclic) bond motifs is 1. The Morgan fingerprint density at radius 3 is 2.57 bits per heavy atom. The number of anilines is 1. The highest BCUT2D eigenvalue weighted by molar-refractivity contribution is 6.05. The lowest BCUT2D eigenvalue weighted by atomic mass is 9.99. The van der Waals surface area contributed by atoms with Gasteiger partial charge in [-0.3, -0.25) is 4.79 Å². The number of nitrogens with zero attached hydrogens (tertiary/aromatic N) is 1. The van der Waals surface area contributed by atoms with Gasteiger partial charge in [-0.15, -0.1) is 0 Å². The Bertz CT molecular complexity index is 1400. The highest BCUT2D eigenvalue weighted by atomic mass is 16.5. The van der Waals surface area contributed by atoms with E-state index in [0.717, 1.165) is 33.2 Å². The molecule has 35 heavy (non-hydrogen) atoms. The number of hydrogen-bond donors (Lipinski definition) is 1. The molecule has 0 atom stereocenters. The van der Waals surface area contributed by atoms with Crippen LogP contribution in [0.4, 0.5) is 5.82 Å². The third-order valence-electron chi connectivity index (χ3n) is 5.61. The van der Waals surface area contributed by atoms with Gasteiger partial charge in [-0.2, -0.15) is 0 Å². The van der Waals surface area contributed by atoms with E-state index in [2.05, 4.69) is 10.3 Å². The molecule has 1 N–H and O–H groups in total. The van der Waals surface area contributed by atoms with Crippen molar-refractivity contribution in [3.63, 3.8) is 0 Å². The average Bonchev–Trinajstić information content (AvgIpc) is 3.26. The summed E-state index contributed by atoms with van der Waals surface area (Å²) in [5.74, 6) is 2.16. The first kappa shape index (κ1) is 23.9. The fraction of sp³-hybridized carbons (Fsp3) is 0.214. The van der Waals surface area contributed by atoms with E-state index in [0.29, 0.717) is 35.3 Å². The van der Waals surface area contributed by atoms with E-state index < -0.39 is 0 Å². The van der Waals surface area contributed by atoms with E-state index in [4.69, 9.17) is 18.6 Å². The molecule has 4 rings (SSSR count). The zero-order chi connectivity index (χ0) is 24.9. The van der Waals surface area contributed by atoms with Crippen molar-refractivity contribution in [2.45, 2.75) is 20.8 Å². The van der Waals surface area contributed by atoms with Crippen molar-refractivity contribution in [2.24, 2.45) is 0 Å². The van der Waals surface area contributed by atoms with Crippen LogP contribution >= 0.6 is 0 Å². The van der Waals surface area contributed by atoms with Gasteiger partial charge in [0.1, 0.15) is 17.2 Å². The van der Waals surface area contributed by atoms with E-state index >= 15 is 0 Å². The molecule has 0 aliphatic heterocycles. The summed E-state index contributed by atoms with van der Waals surface area (Å²) in [4.78, 5) is 16.9. The van der Waals surface area contributed by atoms with E-state index in [1.54, 1.807) is 32.8 Å². The van der Waals surface area contributed by atoms with Crippen LogP contribution in [-0.2, 0) is 4.79 Å². The van der Waals surface area contributed by atoms with Gasteiger partial charge >= 0.3 is 0 Å². The Kier molecular flexibility index (Phi) is 7.06. The predicted molar refractivity (Wildman–Crippen MR) is 137 cm³/mol. The third kappa shape index (κ3) is 5.14. The number of furan rings is 1. The van der Waals surface area contributed by atoms with Gasteiger partial charge in [0.2, 0.25) is 5.91 Å². The van der Waals surface area contributed by atoms with E-state index in [9.17, 15) is 4.79 Å². The second kappa shape index (κ2) is 10.3. The maximum Gasteiger partial charge on any atom is 0.249 e. The number of pyridine rings is 1. The number of hydrogen-bond acceptors (Lipinski definition) is 6. The molecular formula is C28H28N2O5. The van der Waals surface area contributed by atoms with Crippen LogP contribution in [-0.4, -0.2) is 31.7 Å². The maximum atomic E-state index is 12.7. The Labute approximate surface area is 204 Å². The van der Waals surface area contributed by atoms with Crippen LogP contribution < -0.4 is 19.5 Å². The van der Waals surface area contributed by atoms with Crippen LogP contribution in [0.2, 0.25) is 0 Å². The summed E-state index contributed by atoms with van der Waals surface area (Å²) in [5.41, 5.74) is 5.06. The first-order valence-corrected chi connectivity index (χ1v) is 11.3. The molecule has 7 nitrogen and oxygen atoms in total. The van der Waals surface area contributed by atoms with Crippen LogP contribution in [0.15, 0.2) is 65.4 Å². The molecule has 0 fully saturated rings. The number of methoxy groups -OCH3 is 2. The van der Waals surface area contributed by atoms with Gasteiger partial charge in [0, 0.05) is 34.9 Å². The molecule has 0 radical (unpaired) electrons. The standard InChI is InChI=1S/C28H28N2O5/c1-6-34-24-15-25-21(22(16-35-25)19-7-8-23(32-4)26(13-19)33-5)14-20(24)18(3)12-28(31)30-27-11-17(2)9-10-29-27/h7-16H,6H2,1-5H3,(H,29,30,31)/b18-12+. The number of benzene rings is 2. The lowest BCUT2D eigenvalue weighted by molar-refractivity contribution is -0.111. The summed E-state index contributed by atoms with van der Waals surface area (Å²) in [7, 11) is 3.21. The fourth-order valence-corrected chi connectivity index (χ4v) is 3.91. The van der Waals surface area contributed by atoms with E-state index in [-0.39, 0.29) is 5.91 Å². The molecule has 7 heteroatoms. The number of aromatic nitrogens is 1. The van der Waals surface area contributed by atoms with Gasteiger partial charge in [-0.1, -0.05) is 6.07 Å². The van der Waals surface area contributed by atoms with Crippen LogP contribution in [0.25, 0.3) is 27.7 Å². The third-order valence-corrected chi connectivity index (χ3v) is 5.61. The van der Waals surface area contributed by atoms with Crippen molar-refractivity contribution in [1.82, 2.24) is 4.98 Å². The first-order valence-electron chi connectivity index (χ1n) is 11.3. The Morgan fingerprint density at radius 2 is 1.86 bits per heavy atom. The molecule has 0 aliphatic rings. The molecule has 2 aromatic carbocycles. The summed E-state index contributed by atoms with van der Waals surface area (Å²) in [5, 5.41) is 3.71. The van der Waals surface area contributed by atoms with Crippen LogP contribution in [0.3, 0.4) is 0 Å². The van der Waals surface area contributed by atoms with Gasteiger partial charge in [0.25, 0.3) is 0 Å². The lowest BCUT2D eigenvalue weighted by Gasteiger charge is -2.12. The largest absolute Gasteiger partial charge is 0.493 e. The van der Waals surface area contributed by atoms with E-state index in [1.807, 2.05) is 63.2 Å². The Balaban J connectivity index is 1.74. The molecule has 180 valence electrons. The van der Waals surface area contributed by atoms with Crippen molar-refractivity contribution in [1.29, 1.82) is 0 Å². The molecule has 0 unspecified atom stereocenters. The van der Waals surface area contributed by atoms with Crippen molar-refractivity contribution in [3.8, 4) is 28.4 Å². The minimum Gasteiger partial charge on any atom is -0.493 e. The normalized spacial score (nSPS) is 11.4. The van der Waals surface area contributed by atoms with Crippen molar-refractivity contribution in [2.75, 3.05) is 26.1 Å². The zero-order valence-electron chi connectivity index (χ0n) is 20.5. The van der Waals surface area contributed by atoms with Crippen LogP contribution in [0.5, 0.6) is 17.2 Å². The SMILES string of the molecule is CCOc1cc2occ(-c3ccc(OC)c(OC)c3)c2cc1/C(C)=C/C(=O)Nc1cc(C)ccn1. The minimum atomic E-state index is -0.268. The monoisotopic (exact) mass is 472 g/mol. The van der Waals surface area contributed by atoms with Gasteiger partial charge in [0.15, 0.2) is 11.5 Å². The number of allylic oxidation sites excluding steroid dienone is 1. The summed E-state index contributed by atoms with van der Waals surface area (Å²) in [6.45, 7) is 6.22. The molecule has 0 saturated heterocycles. The number of nitrogens with one attached hydrogen (secondary N) is 1. The summed E-state index contributed by atoms with van der Waals surface area (Å²) in [6, 6.07) is 13.3. The molecule has 0 saturated carbocycles. The minimum absolute atomic E-state index is 0.268. The smallest absolute Gasteiger partial charge is 0.249 e. The Hall–Kier alpha value is -4.26. The van der Waals surface area contributed by atoms with Crippen molar-refractivity contribution in [3.05, 3.63) is 72.1 Å². The summed E-state index contributed by atoms with van der Waals surface area (Å²) >= 11 is 0. The topological polar surface area (TPSA) is 82.8 Å². The van der Waals surface area contributed by atoms with Gasteiger partial charge in [-0.05, 0) is 67.8 Å². The van der Waals surface area contributed by atoms with Gasteiger partial charge in [-0.25, -0.2) is 4.98 Å². The highest BCUT2D eigenvalue weighted by Gasteiger charge is 2.17. The number of aryl methyl sites for hydroxylation is 1. The first-order chi connectivity index (χ1) is 16.9.